The van der Waals surface area contributed by atoms with Gasteiger partial charge in [-0.1, -0.05) is 56.0 Å². The molecule has 2 rings (SSSR count). The van der Waals surface area contributed by atoms with Gasteiger partial charge in [-0.3, -0.25) is 0 Å². The number of aryl methyl sites for hydroxylation is 1. The van der Waals surface area contributed by atoms with Crippen molar-refractivity contribution in [2.45, 2.75) is 38.8 Å². The third-order valence-electron chi connectivity index (χ3n) is 3.66. The van der Waals surface area contributed by atoms with Gasteiger partial charge in [-0.15, -0.1) is 0 Å². The van der Waals surface area contributed by atoms with Gasteiger partial charge in [-0.25, -0.2) is 4.39 Å². The van der Waals surface area contributed by atoms with Crippen LogP contribution in [0.5, 0.6) is 0 Å². The molecule has 126 valence electrons. The third kappa shape index (κ3) is 5.42. The smallest absolute Gasteiger partial charge is 0.206 e. The second kappa shape index (κ2) is 8.01. The van der Waals surface area contributed by atoms with Crippen LogP contribution < -0.4 is 0 Å². The molecular formula is C20H18F4. The van der Waals surface area contributed by atoms with Crippen LogP contribution in [0.25, 0.3) is 11.1 Å². The molecule has 0 aliphatic heterocycles. The summed E-state index contributed by atoms with van der Waals surface area (Å²) in [5, 5.41) is 0. The molecule has 0 aromatic heterocycles. The molecule has 0 heterocycles. The van der Waals surface area contributed by atoms with Gasteiger partial charge in [-0.2, -0.15) is 13.2 Å². The molecule has 0 aliphatic rings. The second-order valence-corrected chi connectivity index (χ2v) is 5.60. The average Bonchev–Trinajstić information content (AvgIpc) is 2.54. The molecule has 0 aliphatic carbocycles. The van der Waals surface area contributed by atoms with Crippen LogP contribution in [0.4, 0.5) is 17.6 Å². The molecule has 0 saturated carbocycles. The lowest BCUT2D eigenvalue weighted by atomic mass is 10.00. The van der Waals surface area contributed by atoms with Crippen molar-refractivity contribution in [3.63, 3.8) is 0 Å². The fourth-order valence-corrected chi connectivity index (χ4v) is 2.38. The number of hydrogen-bond acceptors (Lipinski definition) is 0. The predicted octanol–water partition coefficient (Wildman–Crippen LogP) is 6.14. The minimum Gasteiger partial charge on any atom is -0.206 e. The van der Waals surface area contributed by atoms with Crippen LogP contribution in [-0.2, 0) is 6.42 Å². The summed E-state index contributed by atoms with van der Waals surface area (Å²) in [6.07, 6.45) is -0.126. The van der Waals surface area contributed by atoms with E-state index < -0.39 is 12.0 Å². The molecule has 0 radical (unpaired) electrons. The molecule has 0 fully saturated rings. The van der Waals surface area contributed by atoms with E-state index in [0.29, 0.717) is 5.56 Å². The maximum absolute atomic E-state index is 13.9. The topological polar surface area (TPSA) is 0 Å². The first-order valence-electron chi connectivity index (χ1n) is 7.88. The summed E-state index contributed by atoms with van der Waals surface area (Å²) < 4.78 is 50.1. The molecule has 0 unspecified atom stereocenters. The summed E-state index contributed by atoms with van der Waals surface area (Å²) in [4.78, 5) is 0. The van der Waals surface area contributed by atoms with Crippen molar-refractivity contribution in [3.05, 3.63) is 59.4 Å². The highest BCUT2D eigenvalue weighted by Crippen LogP contribution is 2.23. The summed E-state index contributed by atoms with van der Waals surface area (Å²) in [6, 6.07) is 11.9. The van der Waals surface area contributed by atoms with E-state index in [2.05, 4.69) is 6.92 Å². The molecule has 0 spiro atoms. The minimum atomic E-state index is -4.63. The third-order valence-corrected chi connectivity index (χ3v) is 3.66. The van der Waals surface area contributed by atoms with Crippen molar-refractivity contribution in [1.82, 2.24) is 0 Å². The number of benzene rings is 2. The fraction of sp³-hybridized carbons (Fsp3) is 0.300. The Bertz CT molecular complexity index is 731. The zero-order valence-electron chi connectivity index (χ0n) is 13.4. The van der Waals surface area contributed by atoms with E-state index in [9.17, 15) is 17.6 Å². The maximum Gasteiger partial charge on any atom is 0.458 e. The van der Waals surface area contributed by atoms with Gasteiger partial charge in [0.15, 0.2) is 0 Å². The van der Waals surface area contributed by atoms with Crippen molar-refractivity contribution >= 4 is 0 Å². The van der Waals surface area contributed by atoms with Crippen LogP contribution in [0, 0.1) is 17.7 Å². The van der Waals surface area contributed by atoms with Gasteiger partial charge >= 0.3 is 6.18 Å². The van der Waals surface area contributed by atoms with Gasteiger partial charge < -0.3 is 0 Å². The molecule has 2 aromatic carbocycles. The Labute approximate surface area is 139 Å². The number of halogens is 4. The molecule has 24 heavy (non-hydrogen) atoms. The summed E-state index contributed by atoms with van der Waals surface area (Å²) in [6.45, 7) is 2.15. The van der Waals surface area contributed by atoms with Crippen LogP contribution >= 0.6 is 0 Å². The van der Waals surface area contributed by atoms with Gasteiger partial charge in [0.2, 0.25) is 0 Å². The average molecular weight is 334 g/mol. The van der Waals surface area contributed by atoms with E-state index in [0.717, 1.165) is 24.3 Å². The Hall–Kier alpha value is -2.28. The molecule has 0 nitrogen and oxygen atoms in total. The van der Waals surface area contributed by atoms with E-state index in [1.165, 1.54) is 30.5 Å². The van der Waals surface area contributed by atoms with Crippen molar-refractivity contribution in [1.29, 1.82) is 0 Å². The Morgan fingerprint density at radius 3 is 2.17 bits per heavy atom. The SMILES string of the molecule is CCCCCc1ccc(-c2ccc(C#CC(F)(F)F)c(F)c2)cc1. The Kier molecular flexibility index (Phi) is 6.03. The van der Waals surface area contributed by atoms with Gasteiger partial charge in [-0.05, 0) is 41.7 Å². The lowest BCUT2D eigenvalue weighted by molar-refractivity contribution is -0.0696. The van der Waals surface area contributed by atoms with Crippen LogP contribution in [0.15, 0.2) is 42.5 Å². The summed E-state index contributed by atoms with van der Waals surface area (Å²) in [7, 11) is 0. The summed E-state index contributed by atoms with van der Waals surface area (Å²) >= 11 is 0. The zero-order chi connectivity index (χ0) is 17.6. The van der Waals surface area contributed by atoms with Gasteiger partial charge in [0, 0.05) is 5.92 Å². The molecule has 0 bridgehead atoms. The van der Waals surface area contributed by atoms with E-state index in [-0.39, 0.29) is 5.56 Å². The molecule has 0 amide bonds. The van der Waals surface area contributed by atoms with E-state index in [4.69, 9.17) is 0 Å². The fourth-order valence-electron chi connectivity index (χ4n) is 2.38. The predicted molar refractivity (Wildman–Crippen MR) is 88.0 cm³/mol. The van der Waals surface area contributed by atoms with Crippen molar-refractivity contribution in [2.24, 2.45) is 0 Å². The molecule has 4 heteroatoms. The zero-order valence-corrected chi connectivity index (χ0v) is 13.4. The van der Waals surface area contributed by atoms with Crippen molar-refractivity contribution in [2.75, 3.05) is 0 Å². The highest BCUT2D eigenvalue weighted by Gasteiger charge is 2.23. The van der Waals surface area contributed by atoms with E-state index in [1.807, 2.05) is 30.2 Å². The number of hydrogen-bond donors (Lipinski definition) is 0. The quantitative estimate of drug-likeness (QED) is 0.350. The molecule has 0 atom stereocenters. The lowest BCUT2D eigenvalue weighted by Crippen LogP contribution is -2.01. The molecular weight excluding hydrogens is 316 g/mol. The normalized spacial score (nSPS) is 11.0. The largest absolute Gasteiger partial charge is 0.458 e. The second-order valence-electron chi connectivity index (χ2n) is 5.60. The highest BCUT2D eigenvalue weighted by molar-refractivity contribution is 5.65. The Balaban J connectivity index is 2.15. The number of unbranched alkanes of at least 4 members (excludes halogenated alkanes) is 2. The maximum atomic E-state index is 13.9. The first-order valence-corrected chi connectivity index (χ1v) is 7.88. The molecule has 0 N–H and O–H groups in total. The van der Waals surface area contributed by atoms with E-state index in [1.54, 1.807) is 6.07 Å². The summed E-state index contributed by atoms with van der Waals surface area (Å²) in [5.74, 6) is 2.15. The minimum absolute atomic E-state index is 0.257. The van der Waals surface area contributed by atoms with E-state index >= 15 is 0 Å². The van der Waals surface area contributed by atoms with Crippen LogP contribution in [0.3, 0.4) is 0 Å². The molecule has 2 aromatic rings. The summed E-state index contributed by atoms with van der Waals surface area (Å²) in [5.41, 5.74) is 2.40. The van der Waals surface area contributed by atoms with Crippen molar-refractivity contribution < 1.29 is 17.6 Å². The van der Waals surface area contributed by atoms with Crippen LogP contribution in [0.2, 0.25) is 0 Å². The highest BCUT2D eigenvalue weighted by atomic mass is 19.4. The first kappa shape index (κ1) is 18.1. The standard InChI is InChI=1S/C20H18F4/c1-2-3-4-5-15-6-8-16(9-7-15)18-11-10-17(19(21)14-18)12-13-20(22,23)24/h6-11,14H,2-5H2,1H3. The van der Waals surface area contributed by atoms with Crippen LogP contribution in [-0.4, -0.2) is 6.18 Å². The molecule has 0 saturated heterocycles. The Morgan fingerprint density at radius 1 is 0.917 bits per heavy atom. The van der Waals surface area contributed by atoms with Crippen LogP contribution in [0.1, 0.15) is 37.3 Å². The lowest BCUT2D eigenvalue weighted by Gasteiger charge is -2.06. The monoisotopic (exact) mass is 334 g/mol. The number of rotatable bonds is 5. The van der Waals surface area contributed by atoms with Gasteiger partial charge in [0.05, 0.1) is 5.56 Å². The van der Waals surface area contributed by atoms with Crippen molar-refractivity contribution in [3.8, 4) is 23.0 Å². The first-order chi connectivity index (χ1) is 11.4. The van der Waals surface area contributed by atoms with Gasteiger partial charge in [0.1, 0.15) is 5.82 Å². The Morgan fingerprint density at radius 2 is 1.58 bits per heavy atom. The number of alkyl halides is 3. The van der Waals surface area contributed by atoms with Gasteiger partial charge in [0.25, 0.3) is 0 Å².